The van der Waals surface area contributed by atoms with Gasteiger partial charge in [-0.1, -0.05) is 23.7 Å². The number of hydrogen-bond donors (Lipinski definition) is 0. The van der Waals surface area contributed by atoms with Crippen molar-refractivity contribution in [3.05, 3.63) is 34.9 Å². The van der Waals surface area contributed by atoms with Gasteiger partial charge in [0, 0.05) is 6.92 Å². The third-order valence-electron chi connectivity index (χ3n) is 3.55. The first-order valence-electron chi connectivity index (χ1n) is 7.20. The number of ether oxygens (including phenoxy) is 1. The lowest BCUT2D eigenvalue weighted by Crippen LogP contribution is -2.53. The Labute approximate surface area is 131 Å². The molecule has 114 valence electrons. The molecule has 21 heavy (non-hydrogen) atoms. The minimum absolute atomic E-state index is 0.00752. The second-order valence-corrected chi connectivity index (χ2v) is 6.17. The smallest absolute Gasteiger partial charge is 0.418 e. The first-order chi connectivity index (χ1) is 9.84. The van der Waals surface area contributed by atoms with Crippen LogP contribution in [0.4, 0.5) is 4.79 Å². The van der Waals surface area contributed by atoms with Gasteiger partial charge in [0.25, 0.3) is 12.1 Å². The summed E-state index contributed by atoms with van der Waals surface area (Å²) in [4.78, 5) is 14.6. The van der Waals surface area contributed by atoms with E-state index in [9.17, 15) is 4.79 Å². The Morgan fingerprint density at radius 2 is 1.86 bits per heavy atom. The van der Waals surface area contributed by atoms with E-state index in [1.807, 2.05) is 58.9 Å². The van der Waals surface area contributed by atoms with E-state index >= 15 is 0 Å². The van der Waals surface area contributed by atoms with E-state index in [0.717, 1.165) is 5.56 Å². The van der Waals surface area contributed by atoms with Crippen LogP contribution in [0.1, 0.15) is 46.4 Å². The van der Waals surface area contributed by atoms with Crippen molar-refractivity contribution in [1.82, 2.24) is 4.90 Å². The molecule has 0 radical (unpaired) electrons. The average Bonchev–Trinajstić information content (AvgIpc) is 2.37. The van der Waals surface area contributed by atoms with Gasteiger partial charge in [-0.15, -0.1) is 0 Å². The van der Waals surface area contributed by atoms with Crippen LogP contribution in [0, 0.1) is 0 Å². The maximum atomic E-state index is 12.8. The summed E-state index contributed by atoms with van der Waals surface area (Å²) in [5.74, 6) is 0.608. The lowest BCUT2D eigenvalue weighted by atomic mass is 10.1. The summed E-state index contributed by atoms with van der Waals surface area (Å²) in [7, 11) is 0. The van der Waals surface area contributed by atoms with Gasteiger partial charge < -0.3 is 4.74 Å². The third-order valence-corrected chi connectivity index (χ3v) is 3.89. The summed E-state index contributed by atoms with van der Waals surface area (Å²) in [6.45, 7) is 9.71. The van der Waals surface area contributed by atoms with Crippen molar-refractivity contribution in [2.75, 3.05) is 0 Å². The maximum Gasteiger partial charge on any atom is 0.499 e. The van der Waals surface area contributed by atoms with E-state index in [4.69, 9.17) is 16.3 Å². The Morgan fingerprint density at radius 3 is 2.38 bits per heavy atom. The van der Waals surface area contributed by atoms with Crippen LogP contribution in [-0.4, -0.2) is 33.5 Å². The molecular weight excluding hydrogens is 288 g/mol. The summed E-state index contributed by atoms with van der Waals surface area (Å²) in [5.41, 5.74) is 0.809. The minimum Gasteiger partial charge on any atom is -0.418 e. The van der Waals surface area contributed by atoms with Crippen LogP contribution in [0.25, 0.3) is 0 Å². The molecule has 0 saturated carbocycles. The fourth-order valence-electron chi connectivity index (χ4n) is 2.60. The molecule has 0 saturated heterocycles. The molecule has 2 amide bonds. The first kappa shape index (κ1) is 15.8. The Morgan fingerprint density at radius 1 is 1.24 bits per heavy atom. The number of benzene rings is 1. The molecule has 0 fully saturated rings. The largest absolute Gasteiger partial charge is 0.499 e. The summed E-state index contributed by atoms with van der Waals surface area (Å²) >= 11 is 6.28. The van der Waals surface area contributed by atoms with Gasteiger partial charge in [0.1, 0.15) is 6.04 Å². The molecule has 1 atom stereocenters. The zero-order chi connectivity index (χ0) is 15.7. The van der Waals surface area contributed by atoms with Gasteiger partial charge in [-0.3, -0.25) is 0 Å². The zero-order valence-electron chi connectivity index (χ0n) is 13.1. The molecular formula is C16H22ClN2O2+. The number of urea groups is 1. The number of halogens is 1. The summed E-state index contributed by atoms with van der Waals surface area (Å²) in [6, 6.07) is 7.49. The van der Waals surface area contributed by atoms with Crippen LogP contribution in [-0.2, 0) is 4.74 Å². The molecule has 0 aromatic heterocycles. The van der Waals surface area contributed by atoms with E-state index in [0.29, 0.717) is 10.9 Å². The molecule has 4 nitrogen and oxygen atoms in total. The fourth-order valence-corrected chi connectivity index (χ4v) is 2.83. The Bertz CT molecular complexity index is 581. The topological polar surface area (TPSA) is 32.5 Å². The predicted molar refractivity (Wildman–Crippen MR) is 83.7 cm³/mol. The van der Waals surface area contributed by atoms with Crippen molar-refractivity contribution in [3.8, 4) is 0 Å². The van der Waals surface area contributed by atoms with Crippen LogP contribution in [0.2, 0.25) is 5.02 Å². The minimum atomic E-state index is -0.485. The number of carbonyl (C=O) groups is 1. The van der Waals surface area contributed by atoms with E-state index in [-0.39, 0.29) is 18.1 Å². The van der Waals surface area contributed by atoms with Gasteiger partial charge in [0.2, 0.25) is 0 Å². The van der Waals surface area contributed by atoms with Crippen LogP contribution in [0.5, 0.6) is 0 Å². The molecule has 0 bridgehead atoms. The summed E-state index contributed by atoms with van der Waals surface area (Å²) in [6.07, 6.45) is -0.485. The van der Waals surface area contributed by atoms with Crippen LogP contribution in [0.15, 0.2) is 24.3 Å². The number of hydrogen-bond acceptors (Lipinski definition) is 2. The third kappa shape index (κ3) is 2.91. The Balaban J connectivity index is 2.52. The van der Waals surface area contributed by atoms with Gasteiger partial charge in [0.05, 0.1) is 16.6 Å². The quantitative estimate of drug-likeness (QED) is 0.789. The zero-order valence-corrected chi connectivity index (χ0v) is 13.9. The fraction of sp³-hybridized carbons (Fsp3) is 0.500. The molecule has 1 aliphatic heterocycles. The molecule has 5 heteroatoms. The lowest BCUT2D eigenvalue weighted by Gasteiger charge is -2.34. The van der Waals surface area contributed by atoms with Gasteiger partial charge in [-0.25, -0.2) is 0 Å². The highest BCUT2D eigenvalue weighted by molar-refractivity contribution is 6.31. The molecule has 1 heterocycles. The number of carbonyl (C=O) groups excluding carboxylic acids is 1. The van der Waals surface area contributed by atoms with Crippen molar-refractivity contribution >= 4 is 23.5 Å². The Kier molecular flexibility index (Phi) is 4.57. The lowest BCUT2D eigenvalue weighted by molar-refractivity contribution is -0.496. The van der Waals surface area contributed by atoms with Crippen molar-refractivity contribution in [2.45, 2.75) is 52.9 Å². The van der Waals surface area contributed by atoms with Gasteiger partial charge in [-0.05, 0) is 39.8 Å². The van der Waals surface area contributed by atoms with Gasteiger partial charge in [-0.2, -0.15) is 14.3 Å². The van der Waals surface area contributed by atoms with Crippen LogP contribution < -0.4 is 0 Å². The number of nitrogens with zero attached hydrogens (tertiary/aromatic N) is 2. The van der Waals surface area contributed by atoms with Crippen molar-refractivity contribution in [1.29, 1.82) is 0 Å². The molecule has 0 N–H and O–H groups in total. The SMILES string of the molecule is CC1=[N+](C(C)C)C(=O)N(C(C)C)C(c2ccccc2Cl)O1. The molecule has 1 unspecified atom stereocenters. The normalized spacial score (nSPS) is 19.5. The van der Waals surface area contributed by atoms with E-state index in [2.05, 4.69) is 0 Å². The highest BCUT2D eigenvalue weighted by Gasteiger charge is 2.45. The standard InChI is InChI=1S/C16H22ClN2O2/c1-10(2)18-12(5)21-15(19(11(3)4)16(18)20)13-8-6-7-9-14(13)17/h6-11,15H,1-5H3/q+1. The second-order valence-electron chi connectivity index (χ2n) is 5.76. The van der Waals surface area contributed by atoms with Gasteiger partial charge >= 0.3 is 6.03 Å². The van der Waals surface area contributed by atoms with E-state index < -0.39 is 6.23 Å². The molecule has 2 rings (SSSR count). The second kappa shape index (κ2) is 6.06. The maximum absolute atomic E-state index is 12.8. The average molecular weight is 310 g/mol. The van der Waals surface area contributed by atoms with Crippen molar-refractivity contribution in [2.24, 2.45) is 0 Å². The summed E-state index contributed by atoms with van der Waals surface area (Å²) in [5, 5.41) is 0.603. The van der Waals surface area contributed by atoms with Crippen LogP contribution >= 0.6 is 11.6 Å². The molecule has 0 aliphatic carbocycles. The number of amides is 2. The molecule has 1 aromatic rings. The van der Waals surface area contributed by atoms with E-state index in [1.165, 1.54) is 0 Å². The first-order valence-corrected chi connectivity index (χ1v) is 7.58. The highest BCUT2D eigenvalue weighted by Crippen LogP contribution is 2.33. The molecule has 1 aromatic carbocycles. The van der Waals surface area contributed by atoms with Crippen LogP contribution in [0.3, 0.4) is 0 Å². The Hall–Kier alpha value is -1.55. The molecule has 0 spiro atoms. The van der Waals surface area contributed by atoms with Gasteiger partial charge in [0.15, 0.2) is 0 Å². The summed E-state index contributed by atoms with van der Waals surface area (Å²) < 4.78 is 7.71. The molecule has 1 aliphatic rings. The van der Waals surface area contributed by atoms with Crippen molar-refractivity contribution in [3.63, 3.8) is 0 Å². The monoisotopic (exact) mass is 309 g/mol. The number of rotatable bonds is 3. The van der Waals surface area contributed by atoms with Crippen molar-refractivity contribution < 1.29 is 14.1 Å². The van der Waals surface area contributed by atoms with E-state index in [1.54, 1.807) is 9.48 Å². The predicted octanol–water partition coefficient (Wildman–Crippen LogP) is 4.04. The highest BCUT2D eigenvalue weighted by atomic mass is 35.5.